The van der Waals surface area contributed by atoms with Crippen LogP contribution in [0.15, 0.2) is 0 Å². The first-order valence-electron chi connectivity index (χ1n) is 4.90. The van der Waals surface area contributed by atoms with Crippen LogP contribution in [0, 0.1) is 0 Å². The highest BCUT2D eigenvalue weighted by Gasteiger charge is 2.43. The summed E-state index contributed by atoms with van der Waals surface area (Å²) in [7, 11) is 0. The van der Waals surface area contributed by atoms with Crippen molar-refractivity contribution in [1.82, 2.24) is 10.2 Å². The van der Waals surface area contributed by atoms with Crippen molar-refractivity contribution < 1.29 is 13.6 Å². The monoisotopic (exact) mass is 206 g/mol. The molecule has 1 aliphatic rings. The zero-order chi connectivity index (χ0) is 10.8. The molecule has 0 radical (unpaired) electrons. The highest BCUT2D eigenvalue weighted by atomic mass is 19.3. The van der Waals surface area contributed by atoms with E-state index in [-0.39, 0.29) is 18.9 Å². The second-order valence-electron chi connectivity index (χ2n) is 3.50. The maximum atomic E-state index is 12.8. The molecule has 1 amide bonds. The molecule has 5 heteroatoms. The molecular formula is C9H16F2N2O. The van der Waals surface area contributed by atoms with Gasteiger partial charge in [-0.1, -0.05) is 0 Å². The number of hydrogen-bond donors (Lipinski definition) is 1. The van der Waals surface area contributed by atoms with Gasteiger partial charge in [0.15, 0.2) is 0 Å². The Kier molecular flexibility index (Phi) is 3.42. The molecule has 82 valence electrons. The van der Waals surface area contributed by atoms with E-state index in [4.69, 9.17) is 0 Å². The number of carbonyl (C=O) groups is 1. The van der Waals surface area contributed by atoms with E-state index in [1.807, 2.05) is 13.8 Å². The predicted molar refractivity (Wildman–Crippen MR) is 49.3 cm³/mol. The summed E-state index contributed by atoms with van der Waals surface area (Å²) in [5.41, 5.74) is 0. The first kappa shape index (κ1) is 11.4. The molecule has 0 bridgehead atoms. The van der Waals surface area contributed by atoms with E-state index in [0.717, 1.165) is 0 Å². The van der Waals surface area contributed by atoms with Crippen LogP contribution in [0.4, 0.5) is 8.78 Å². The average Bonchev–Trinajstić information content (AvgIpc) is 2.48. The Morgan fingerprint density at radius 1 is 1.50 bits per heavy atom. The van der Waals surface area contributed by atoms with Gasteiger partial charge in [-0.05, 0) is 13.8 Å². The number of halogens is 2. The van der Waals surface area contributed by atoms with Crippen LogP contribution in [-0.2, 0) is 4.79 Å². The van der Waals surface area contributed by atoms with Gasteiger partial charge < -0.3 is 4.90 Å². The lowest BCUT2D eigenvalue weighted by atomic mass is 10.1. The predicted octanol–water partition coefficient (Wildman–Crippen LogP) is 0.852. The van der Waals surface area contributed by atoms with Crippen LogP contribution in [0.3, 0.4) is 0 Å². The smallest absolute Gasteiger partial charge is 0.262 e. The van der Waals surface area contributed by atoms with E-state index < -0.39 is 12.0 Å². The van der Waals surface area contributed by atoms with Gasteiger partial charge >= 0.3 is 0 Å². The van der Waals surface area contributed by atoms with Crippen LogP contribution in [0.25, 0.3) is 0 Å². The van der Waals surface area contributed by atoms with Crippen molar-refractivity contribution in [3.63, 3.8) is 0 Å². The summed E-state index contributed by atoms with van der Waals surface area (Å²) in [6.45, 7) is 4.44. The fourth-order valence-corrected chi connectivity index (χ4v) is 1.65. The van der Waals surface area contributed by atoms with Crippen molar-refractivity contribution in [1.29, 1.82) is 0 Å². The lowest BCUT2D eigenvalue weighted by molar-refractivity contribution is -0.133. The largest absolute Gasteiger partial charge is 0.342 e. The minimum Gasteiger partial charge on any atom is -0.342 e. The Hall–Kier alpha value is -0.710. The molecule has 1 rings (SSSR count). The fraction of sp³-hybridized carbons (Fsp3) is 0.889. The van der Waals surface area contributed by atoms with E-state index in [2.05, 4.69) is 5.32 Å². The number of alkyl halides is 2. The Balaban J connectivity index is 2.54. The molecular weight excluding hydrogens is 190 g/mol. The number of carbonyl (C=O) groups excluding carboxylic acids is 1. The molecule has 1 N–H and O–H groups in total. The molecule has 0 aliphatic carbocycles. The second kappa shape index (κ2) is 4.21. The Morgan fingerprint density at radius 3 is 2.43 bits per heavy atom. The third-order valence-electron chi connectivity index (χ3n) is 2.48. The van der Waals surface area contributed by atoms with Crippen LogP contribution in [0.1, 0.15) is 20.3 Å². The summed E-state index contributed by atoms with van der Waals surface area (Å²) in [6, 6.07) is -0.704. The van der Waals surface area contributed by atoms with E-state index in [1.54, 1.807) is 4.90 Å². The average molecular weight is 206 g/mol. The maximum absolute atomic E-state index is 12.8. The van der Waals surface area contributed by atoms with Crippen molar-refractivity contribution in [2.45, 2.75) is 32.2 Å². The molecule has 3 nitrogen and oxygen atoms in total. The molecule has 0 saturated carbocycles. The van der Waals surface area contributed by atoms with Crippen molar-refractivity contribution in [3.8, 4) is 0 Å². The zero-order valence-electron chi connectivity index (χ0n) is 8.52. The lowest BCUT2D eigenvalue weighted by Crippen LogP contribution is -2.43. The van der Waals surface area contributed by atoms with E-state index in [1.165, 1.54) is 0 Å². The minimum atomic E-state index is -2.73. The number of hydrogen-bond acceptors (Lipinski definition) is 2. The zero-order valence-corrected chi connectivity index (χ0v) is 8.52. The van der Waals surface area contributed by atoms with Crippen molar-refractivity contribution >= 4 is 5.91 Å². The fourth-order valence-electron chi connectivity index (χ4n) is 1.65. The molecule has 1 heterocycles. The van der Waals surface area contributed by atoms with Crippen LogP contribution in [0.5, 0.6) is 0 Å². The van der Waals surface area contributed by atoms with Crippen molar-refractivity contribution in [2.24, 2.45) is 0 Å². The molecule has 1 aliphatic heterocycles. The normalized spacial score (nSPS) is 25.0. The van der Waals surface area contributed by atoms with Crippen molar-refractivity contribution in [2.75, 3.05) is 19.6 Å². The highest BCUT2D eigenvalue weighted by Crippen LogP contribution is 2.25. The second-order valence-corrected chi connectivity index (χ2v) is 3.50. The summed E-state index contributed by atoms with van der Waals surface area (Å²) in [6.07, 6.45) is -0.373. The van der Waals surface area contributed by atoms with E-state index in [0.29, 0.717) is 13.1 Å². The van der Waals surface area contributed by atoms with Gasteiger partial charge in [0.1, 0.15) is 0 Å². The summed E-state index contributed by atoms with van der Waals surface area (Å²) in [4.78, 5) is 13.2. The van der Waals surface area contributed by atoms with Crippen LogP contribution < -0.4 is 5.32 Å². The number of nitrogens with one attached hydrogen (secondary N) is 1. The lowest BCUT2D eigenvalue weighted by Gasteiger charge is -2.22. The quantitative estimate of drug-likeness (QED) is 0.742. The molecule has 1 atom stereocenters. The van der Waals surface area contributed by atoms with Crippen LogP contribution >= 0.6 is 0 Å². The first-order valence-corrected chi connectivity index (χ1v) is 4.90. The third-order valence-corrected chi connectivity index (χ3v) is 2.48. The number of likely N-dealkylation sites (N-methyl/N-ethyl adjacent to an activating group) is 1. The van der Waals surface area contributed by atoms with Gasteiger partial charge in [0, 0.05) is 19.5 Å². The Labute approximate surface area is 82.5 Å². The van der Waals surface area contributed by atoms with E-state index in [9.17, 15) is 13.6 Å². The SMILES string of the molecule is CCN(CC)C(=O)C1CC(F)(F)CN1. The van der Waals surface area contributed by atoms with Gasteiger partial charge in [0.05, 0.1) is 12.6 Å². The Bertz CT molecular complexity index is 217. The van der Waals surface area contributed by atoms with Gasteiger partial charge in [0.25, 0.3) is 5.92 Å². The van der Waals surface area contributed by atoms with Crippen LogP contribution in [0.2, 0.25) is 0 Å². The third kappa shape index (κ3) is 2.41. The molecule has 0 aromatic heterocycles. The van der Waals surface area contributed by atoms with Gasteiger partial charge in [-0.2, -0.15) is 0 Å². The van der Waals surface area contributed by atoms with Crippen molar-refractivity contribution in [3.05, 3.63) is 0 Å². The van der Waals surface area contributed by atoms with Gasteiger partial charge in [-0.15, -0.1) is 0 Å². The van der Waals surface area contributed by atoms with E-state index >= 15 is 0 Å². The molecule has 0 spiro atoms. The summed E-state index contributed by atoms with van der Waals surface area (Å²) in [5.74, 6) is -2.94. The number of rotatable bonds is 3. The summed E-state index contributed by atoms with van der Waals surface area (Å²) < 4.78 is 25.6. The Morgan fingerprint density at radius 2 is 2.07 bits per heavy atom. The summed E-state index contributed by atoms with van der Waals surface area (Å²) in [5, 5.41) is 2.55. The molecule has 14 heavy (non-hydrogen) atoms. The summed E-state index contributed by atoms with van der Waals surface area (Å²) >= 11 is 0. The molecule has 0 aromatic carbocycles. The molecule has 1 fully saturated rings. The van der Waals surface area contributed by atoms with Crippen LogP contribution in [-0.4, -0.2) is 42.4 Å². The minimum absolute atomic E-state index is 0.216. The standard InChI is InChI=1S/C9H16F2N2O/c1-3-13(4-2)8(14)7-5-9(10,11)6-12-7/h7,12H,3-6H2,1-2H3. The van der Waals surface area contributed by atoms with Gasteiger partial charge in [-0.3, -0.25) is 10.1 Å². The number of amides is 1. The number of nitrogens with zero attached hydrogens (tertiary/aromatic N) is 1. The molecule has 1 saturated heterocycles. The topological polar surface area (TPSA) is 32.3 Å². The molecule has 1 unspecified atom stereocenters. The van der Waals surface area contributed by atoms with Gasteiger partial charge in [0.2, 0.25) is 5.91 Å². The van der Waals surface area contributed by atoms with Gasteiger partial charge in [-0.25, -0.2) is 8.78 Å². The maximum Gasteiger partial charge on any atom is 0.262 e. The highest BCUT2D eigenvalue weighted by molar-refractivity contribution is 5.82. The first-order chi connectivity index (χ1) is 6.50. The molecule has 0 aromatic rings.